The molecule has 1 saturated carbocycles. The number of β-amino-alcohol motifs (C(OH)–C–C–N with tert-alkyl or cyclic N) is 1. The molecule has 17 heavy (non-hydrogen) atoms. The molecule has 0 amide bonds. The highest BCUT2D eigenvalue weighted by Gasteiger charge is 2.25. The Morgan fingerprint density at radius 2 is 2.00 bits per heavy atom. The van der Waals surface area contributed by atoms with Crippen LogP contribution in [-0.4, -0.2) is 48.8 Å². The highest BCUT2D eigenvalue weighted by Crippen LogP contribution is 2.24. The Labute approximate surface area is 106 Å². The van der Waals surface area contributed by atoms with Crippen LogP contribution in [-0.2, 0) is 0 Å². The molecule has 2 N–H and O–H groups in total. The minimum atomic E-state index is 0.294. The van der Waals surface area contributed by atoms with Crippen LogP contribution in [0.15, 0.2) is 0 Å². The van der Waals surface area contributed by atoms with Crippen LogP contribution in [0.1, 0.15) is 39.0 Å². The largest absolute Gasteiger partial charge is 0.395 e. The summed E-state index contributed by atoms with van der Waals surface area (Å²) in [5.41, 5.74) is 0. The Morgan fingerprint density at radius 3 is 2.71 bits per heavy atom. The monoisotopic (exact) mass is 240 g/mol. The van der Waals surface area contributed by atoms with E-state index in [1.165, 1.54) is 38.6 Å². The third-order valence-corrected chi connectivity index (χ3v) is 4.32. The second-order valence-electron chi connectivity index (χ2n) is 6.08. The fourth-order valence-electron chi connectivity index (χ4n) is 3.48. The molecule has 1 heterocycles. The standard InChI is InChI=1S/C14H28N2O/c1-12-8-14(11-16(10-12)6-7-17)15-9-13-4-2-3-5-13/h12-15,17H,2-11H2,1H3. The van der Waals surface area contributed by atoms with E-state index in [-0.39, 0.29) is 0 Å². The maximum atomic E-state index is 9.03. The van der Waals surface area contributed by atoms with Crippen molar-refractivity contribution in [1.82, 2.24) is 10.2 Å². The van der Waals surface area contributed by atoms with Gasteiger partial charge in [-0.3, -0.25) is 4.90 Å². The Balaban J connectivity index is 1.71. The molecular weight excluding hydrogens is 212 g/mol. The molecule has 2 rings (SSSR count). The van der Waals surface area contributed by atoms with Gasteiger partial charge < -0.3 is 10.4 Å². The highest BCUT2D eigenvalue weighted by molar-refractivity contribution is 4.83. The van der Waals surface area contributed by atoms with Crippen molar-refractivity contribution < 1.29 is 5.11 Å². The smallest absolute Gasteiger partial charge is 0.0558 e. The van der Waals surface area contributed by atoms with Gasteiger partial charge in [0, 0.05) is 25.7 Å². The maximum Gasteiger partial charge on any atom is 0.0558 e. The predicted octanol–water partition coefficient (Wildman–Crippen LogP) is 1.47. The summed E-state index contributed by atoms with van der Waals surface area (Å²) in [6.45, 7) is 6.95. The van der Waals surface area contributed by atoms with E-state index in [2.05, 4.69) is 17.1 Å². The summed E-state index contributed by atoms with van der Waals surface area (Å²) in [5, 5.41) is 12.8. The number of likely N-dealkylation sites (tertiary alicyclic amines) is 1. The molecule has 0 spiro atoms. The van der Waals surface area contributed by atoms with Crippen molar-refractivity contribution in [3.63, 3.8) is 0 Å². The summed E-state index contributed by atoms with van der Waals surface area (Å²) in [5.74, 6) is 1.69. The van der Waals surface area contributed by atoms with Crippen LogP contribution < -0.4 is 5.32 Å². The molecule has 0 aromatic heterocycles. The predicted molar refractivity (Wildman–Crippen MR) is 71.1 cm³/mol. The number of aliphatic hydroxyl groups excluding tert-OH is 1. The van der Waals surface area contributed by atoms with E-state index in [0.717, 1.165) is 31.5 Å². The molecule has 0 aromatic carbocycles. The van der Waals surface area contributed by atoms with E-state index < -0.39 is 0 Å². The molecule has 2 unspecified atom stereocenters. The second kappa shape index (κ2) is 6.72. The van der Waals surface area contributed by atoms with Gasteiger partial charge in [0.05, 0.1) is 6.61 Å². The zero-order chi connectivity index (χ0) is 12.1. The fraction of sp³-hybridized carbons (Fsp3) is 1.00. The Morgan fingerprint density at radius 1 is 1.24 bits per heavy atom. The van der Waals surface area contributed by atoms with Gasteiger partial charge in [0.2, 0.25) is 0 Å². The molecule has 3 nitrogen and oxygen atoms in total. The SMILES string of the molecule is CC1CC(NCC2CCCC2)CN(CCO)C1. The van der Waals surface area contributed by atoms with Crippen LogP contribution in [0.25, 0.3) is 0 Å². The van der Waals surface area contributed by atoms with Crippen LogP contribution in [0.2, 0.25) is 0 Å². The van der Waals surface area contributed by atoms with Gasteiger partial charge in [-0.2, -0.15) is 0 Å². The van der Waals surface area contributed by atoms with E-state index in [1.54, 1.807) is 0 Å². The summed E-state index contributed by atoms with van der Waals surface area (Å²) in [6, 6.07) is 0.644. The first-order chi connectivity index (χ1) is 8.28. The number of nitrogens with zero attached hydrogens (tertiary/aromatic N) is 1. The molecule has 2 fully saturated rings. The van der Waals surface area contributed by atoms with Crippen molar-refractivity contribution in [1.29, 1.82) is 0 Å². The molecule has 3 heteroatoms. The summed E-state index contributed by atoms with van der Waals surface area (Å²) >= 11 is 0. The zero-order valence-electron chi connectivity index (χ0n) is 11.2. The van der Waals surface area contributed by atoms with E-state index in [9.17, 15) is 0 Å². The molecule has 100 valence electrons. The van der Waals surface area contributed by atoms with Gasteiger partial charge in [0.1, 0.15) is 0 Å². The van der Waals surface area contributed by atoms with Gasteiger partial charge in [-0.1, -0.05) is 19.8 Å². The van der Waals surface area contributed by atoms with Crippen molar-refractivity contribution in [2.75, 3.05) is 32.8 Å². The highest BCUT2D eigenvalue weighted by atomic mass is 16.3. The zero-order valence-corrected chi connectivity index (χ0v) is 11.2. The molecular formula is C14H28N2O. The normalized spacial score (nSPS) is 32.1. The Kier molecular flexibility index (Phi) is 5.26. The van der Waals surface area contributed by atoms with Crippen LogP contribution in [0.5, 0.6) is 0 Å². The molecule has 1 saturated heterocycles. The second-order valence-corrected chi connectivity index (χ2v) is 6.08. The average Bonchev–Trinajstić information content (AvgIpc) is 2.79. The van der Waals surface area contributed by atoms with Crippen LogP contribution in [0.4, 0.5) is 0 Å². The lowest BCUT2D eigenvalue weighted by Gasteiger charge is -2.37. The van der Waals surface area contributed by atoms with Crippen LogP contribution in [0, 0.1) is 11.8 Å². The van der Waals surface area contributed by atoms with Crippen molar-refractivity contribution in [3.05, 3.63) is 0 Å². The van der Waals surface area contributed by atoms with E-state index in [4.69, 9.17) is 5.11 Å². The average molecular weight is 240 g/mol. The molecule has 1 aliphatic heterocycles. The molecule has 2 atom stereocenters. The lowest BCUT2D eigenvalue weighted by Crippen LogP contribution is -2.50. The summed E-state index contributed by atoms with van der Waals surface area (Å²) < 4.78 is 0. The van der Waals surface area contributed by atoms with Gasteiger partial charge in [0.15, 0.2) is 0 Å². The fourth-order valence-corrected chi connectivity index (χ4v) is 3.48. The number of rotatable bonds is 5. The number of hydrogen-bond acceptors (Lipinski definition) is 3. The summed E-state index contributed by atoms with van der Waals surface area (Å²) in [6.07, 6.45) is 7.02. The Bertz CT molecular complexity index is 216. The van der Waals surface area contributed by atoms with E-state index in [0.29, 0.717) is 12.6 Å². The summed E-state index contributed by atoms with van der Waals surface area (Å²) in [7, 11) is 0. The van der Waals surface area contributed by atoms with Crippen LogP contribution >= 0.6 is 0 Å². The van der Waals surface area contributed by atoms with Gasteiger partial charge in [0.25, 0.3) is 0 Å². The van der Waals surface area contributed by atoms with Crippen LogP contribution in [0.3, 0.4) is 0 Å². The topological polar surface area (TPSA) is 35.5 Å². The van der Waals surface area contributed by atoms with Crippen molar-refractivity contribution >= 4 is 0 Å². The Hall–Kier alpha value is -0.120. The molecule has 0 bridgehead atoms. The lowest BCUT2D eigenvalue weighted by atomic mass is 9.95. The first kappa shape index (κ1) is 13.3. The number of aliphatic hydroxyl groups is 1. The van der Waals surface area contributed by atoms with Crippen molar-refractivity contribution in [3.8, 4) is 0 Å². The minimum absolute atomic E-state index is 0.294. The van der Waals surface area contributed by atoms with Crippen molar-refractivity contribution in [2.24, 2.45) is 11.8 Å². The molecule has 0 radical (unpaired) electrons. The van der Waals surface area contributed by atoms with E-state index >= 15 is 0 Å². The van der Waals surface area contributed by atoms with Gasteiger partial charge >= 0.3 is 0 Å². The molecule has 0 aromatic rings. The third kappa shape index (κ3) is 4.23. The number of piperidine rings is 1. The summed E-state index contributed by atoms with van der Waals surface area (Å²) in [4.78, 5) is 2.40. The van der Waals surface area contributed by atoms with Gasteiger partial charge in [-0.05, 0) is 37.6 Å². The minimum Gasteiger partial charge on any atom is -0.395 e. The molecule has 1 aliphatic carbocycles. The molecule has 2 aliphatic rings. The third-order valence-electron chi connectivity index (χ3n) is 4.32. The quantitative estimate of drug-likeness (QED) is 0.764. The van der Waals surface area contributed by atoms with Crippen molar-refractivity contribution in [2.45, 2.75) is 45.1 Å². The first-order valence-corrected chi connectivity index (χ1v) is 7.34. The van der Waals surface area contributed by atoms with Gasteiger partial charge in [-0.15, -0.1) is 0 Å². The lowest BCUT2D eigenvalue weighted by molar-refractivity contribution is 0.120. The first-order valence-electron chi connectivity index (χ1n) is 7.34. The van der Waals surface area contributed by atoms with E-state index in [1.807, 2.05) is 0 Å². The van der Waals surface area contributed by atoms with Gasteiger partial charge in [-0.25, -0.2) is 0 Å². The maximum absolute atomic E-state index is 9.03. The number of hydrogen-bond donors (Lipinski definition) is 2. The number of nitrogens with one attached hydrogen (secondary N) is 1.